The van der Waals surface area contributed by atoms with Crippen molar-refractivity contribution in [1.82, 2.24) is 46.2 Å². The Kier molecular flexibility index (Phi) is 28.2. The van der Waals surface area contributed by atoms with Crippen LogP contribution in [0.5, 0.6) is 0 Å². The quantitative estimate of drug-likeness (QED) is 0.0517. The minimum absolute atomic E-state index is 0.0878. The molecule has 7 N–H and O–H groups in total. The van der Waals surface area contributed by atoms with Crippen LogP contribution in [-0.4, -0.2) is 192 Å². The molecule has 11 amide bonds. The molecular formula is C63H94N10O15. The summed E-state index contributed by atoms with van der Waals surface area (Å²) in [6, 6.07) is 8.39. The number of hydrogen-bond donors (Lipinski definition) is 7. The first-order valence-electron chi connectivity index (χ1n) is 30.2. The topological polar surface area (TPSA) is 321 Å². The van der Waals surface area contributed by atoms with Crippen LogP contribution in [-0.2, 0) is 68.8 Å². The maximum absolute atomic E-state index is 14.7. The number of aliphatic hydroxyl groups is 1. The van der Waals surface area contributed by atoms with Gasteiger partial charge in [-0.3, -0.25) is 57.7 Å². The van der Waals surface area contributed by atoms with Crippen molar-refractivity contribution in [2.75, 3.05) is 46.7 Å². The highest BCUT2D eigenvalue weighted by atomic mass is 16.6. The molecule has 1 saturated heterocycles. The molecule has 13 atom stereocenters. The highest BCUT2D eigenvalue weighted by Crippen LogP contribution is 2.30. The zero-order valence-electron chi connectivity index (χ0n) is 53.6. The number of amides is 11. The molecule has 2 aliphatic rings. The van der Waals surface area contributed by atoms with E-state index in [2.05, 4.69) is 31.9 Å². The first-order chi connectivity index (χ1) is 41.5. The number of carbonyl (C=O) groups excluding carboxylic acids is 11. The van der Waals surface area contributed by atoms with Crippen LogP contribution in [0.15, 0.2) is 66.7 Å². The van der Waals surface area contributed by atoms with E-state index in [4.69, 9.17) is 14.2 Å². The third kappa shape index (κ3) is 19.9. The van der Waals surface area contributed by atoms with Crippen molar-refractivity contribution in [3.63, 3.8) is 0 Å². The number of hydrogen-bond acceptors (Lipinski definition) is 15. The lowest BCUT2D eigenvalue weighted by Crippen LogP contribution is -2.60. The normalized spacial score (nSPS) is 18.1. The number of rotatable bonds is 32. The van der Waals surface area contributed by atoms with Gasteiger partial charge in [-0.1, -0.05) is 97.4 Å². The van der Waals surface area contributed by atoms with E-state index in [0.717, 1.165) is 17.1 Å². The summed E-state index contributed by atoms with van der Waals surface area (Å²) in [6.07, 6.45) is 0.584. The van der Waals surface area contributed by atoms with Gasteiger partial charge >= 0.3 is 6.09 Å². The average molecular weight is 1230 g/mol. The number of aliphatic hydroxyl groups excluding tert-OH is 1. The maximum atomic E-state index is 14.7. The van der Waals surface area contributed by atoms with Crippen LogP contribution in [0.1, 0.15) is 125 Å². The monoisotopic (exact) mass is 1230 g/mol. The summed E-state index contributed by atoms with van der Waals surface area (Å²) in [7, 11) is 6.07. The fourth-order valence-corrected chi connectivity index (χ4v) is 10.9. The van der Waals surface area contributed by atoms with Crippen LogP contribution in [0.3, 0.4) is 0 Å². The lowest BCUT2D eigenvalue weighted by atomic mass is 9.89. The van der Waals surface area contributed by atoms with Gasteiger partial charge in [0.2, 0.25) is 47.3 Å². The molecule has 2 heterocycles. The maximum Gasteiger partial charge on any atom is 0.410 e. The van der Waals surface area contributed by atoms with Crippen molar-refractivity contribution in [1.29, 1.82) is 0 Å². The SMILES string of the molecule is CC[C@H](C)[C@@H]([C@@H](CC(=O)N1CCC[C@H]1[C@H](OC)[C@@H](C)C(=O)N[C@H](C)[C@@H](O)c1ccccc1)OC)N(C)C(=O)[C@@H](NC(=O)[C@H](C(C)C)N(C)C(=O)OCc1ccc(NC(=O)[C@H](C)NC(=O)[C@H](C)NC(=O)[C@@H](C)NC(=O)CCN2C(=O)C=CC2=O)cc1)C(C)C. The standard InChI is InChI=1S/C63H94N10O15/c1-16-37(6)54(47(86-14)33-51(77)72-31-20-23-46(72)56(87-15)38(7)57(79)65-39(8)55(78)44-21-18-17-19-22-44)70(12)62(84)52(35(2)3)69-61(83)53(36(4)5)71(13)63(85)88-34-43-24-26-45(27-25-43)68-60(82)42(11)67-59(81)41(10)66-58(80)40(9)64-48(74)30-32-73-49(75)28-29-50(73)76/h17-19,21-22,24-29,35-42,46-47,52-56,78H,16,20,23,30-34H2,1-15H3,(H,64,74)(H,65,79)(H,66,80)(H,67,81)(H,68,82)(H,69,83)/t37-,38+,39+,40+,41-,42-,46-,47+,52-,53-,54-,55+,56+/m0/s1. The molecule has 0 bridgehead atoms. The van der Waals surface area contributed by atoms with Gasteiger partial charge < -0.3 is 61.0 Å². The highest BCUT2D eigenvalue weighted by molar-refractivity contribution is 6.13. The largest absolute Gasteiger partial charge is 0.445 e. The van der Waals surface area contributed by atoms with Crippen molar-refractivity contribution in [3.05, 3.63) is 77.9 Å². The van der Waals surface area contributed by atoms with Crippen LogP contribution in [0.25, 0.3) is 0 Å². The van der Waals surface area contributed by atoms with Crippen molar-refractivity contribution >= 4 is 70.9 Å². The smallest absolute Gasteiger partial charge is 0.410 e. The zero-order chi connectivity index (χ0) is 65.9. The Balaban J connectivity index is 1.31. The number of anilines is 1. The van der Waals surface area contributed by atoms with Crippen LogP contribution < -0.4 is 31.9 Å². The number of nitrogens with one attached hydrogen (secondary N) is 6. The van der Waals surface area contributed by atoms with Gasteiger partial charge in [0.15, 0.2) is 0 Å². The molecular weight excluding hydrogens is 1140 g/mol. The predicted molar refractivity (Wildman–Crippen MR) is 327 cm³/mol. The molecule has 1 fully saturated rings. The Morgan fingerprint density at radius 3 is 1.81 bits per heavy atom. The lowest BCUT2D eigenvalue weighted by molar-refractivity contribution is -0.148. The minimum Gasteiger partial charge on any atom is -0.445 e. The second-order valence-corrected chi connectivity index (χ2v) is 23.7. The molecule has 4 rings (SSSR count). The minimum atomic E-state index is -1.10. The van der Waals surface area contributed by atoms with Crippen LogP contribution in [0.4, 0.5) is 10.5 Å². The molecule has 0 spiro atoms. The van der Waals surface area contributed by atoms with E-state index in [1.54, 1.807) is 94.8 Å². The number of methoxy groups -OCH3 is 2. The molecule has 25 heteroatoms. The number of benzene rings is 2. The molecule has 486 valence electrons. The molecule has 0 aromatic heterocycles. The molecule has 2 aromatic carbocycles. The Labute approximate surface area is 517 Å². The summed E-state index contributed by atoms with van der Waals surface area (Å²) in [4.78, 5) is 151. The van der Waals surface area contributed by atoms with Crippen LogP contribution in [0.2, 0.25) is 0 Å². The number of likely N-dealkylation sites (tertiary alicyclic amines) is 1. The summed E-state index contributed by atoms with van der Waals surface area (Å²) in [5.41, 5.74) is 1.56. The first kappa shape index (κ1) is 72.7. The van der Waals surface area contributed by atoms with E-state index in [-0.39, 0.29) is 43.7 Å². The van der Waals surface area contributed by atoms with E-state index in [0.29, 0.717) is 42.6 Å². The Bertz CT molecular complexity index is 2760. The van der Waals surface area contributed by atoms with Gasteiger partial charge in [-0.05, 0) is 81.5 Å². The Morgan fingerprint density at radius 2 is 1.26 bits per heavy atom. The second kappa shape index (κ2) is 34.1. The molecule has 2 aromatic rings. The van der Waals surface area contributed by atoms with Crippen LogP contribution >= 0.6 is 0 Å². The zero-order valence-corrected chi connectivity index (χ0v) is 53.6. The van der Waals surface area contributed by atoms with E-state index in [9.17, 15) is 57.8 Å². The fraction of sp³-hybridized carbons (Fsp3) is 0.603. The van der Waals surface area contributed by atoms with Gasteiger partial charge in [-0.15, -0.1) is 0 Å². The lowest BCUT2D eigenvalue weighted by Gasteiger charge is -2.41. The van der Waals surface area contributed by atoms with E-state index < -0.39 is 138 Å². The average Bonchev–Trinajstić information content (AvgIpc) is 4.30. The summed E-state index contributed by atoms with van der Waals surface area (Å²) >= 11 is 0. The number of carbonyl (C=O) groups is 11. The molecule has 0 aliphatic carbocycles. The predicted octanol–water partition coefficient (Wildman–Crippen LogP) is 3.35. The van der Waals surface area contributed by atoms with Gasteiger partial charge in [-0.2, -0.15) is 0 Å². The van der Waals surface area contributed by atoms with E-state index in [1.165, 1.54) is 46.9 Å². The molecule has 88 heavy (non-hydrogen) atoms. The first-order valence-corrected chi connectivity index (χ1v) is 30.2. The van der Waals surface area contributed by atoms with Gasteiger partial charge in [0, 0.05) is 65.7 Å². The number of imide groups is 1. The molecule has 25 nitrogen and oxygen atoms in total. The number of nitrogens with zero attached hydrogens (tertiary/aromatic N) is 4. The van der Waals surface area contributed by atoms with Gasteiger partial charge in [-0.25, -0.2) is 4.79 Å². The Morgan fingerprint density at radius 1 is 0.682 bits per heavy atom. The highest BCUT2D eigenvalue weighted by Gasteiger charge is 2.44. The summed E-state index contributed by atoms with van der Waals surface area (Å²) < 4.78 is 17.7. The van der Waals surface area contributed by atoms with Gasteiger partial charge in [0.1, 0.15) is 36.8 Å². The van der Waals surface area contributed by atoms with Crippen LogP contribution in [0, 0.1) is 23.7 Å². The molecule has 0 radical (unpaired) electrons. The van der Waals surface area contributed by atoms with E-state index in [1.807, 2.05) is 32.0 Å². The number of ether oxygens (including phenoxy) is 3. The van der Waals surface area contributed by atoms with Gasteiger partial charge in [0.05, 0.1) is 48.8 Å². The summed E-state index contributed by atoms with van der Waals surface area (Å²) in [5.74, 6) is -6.90. The van der Waals surface area contributed by atoms with Crippen molar-refractivity contribution in [3.8, 4) is 0 Å². The third-order valence-corrected chi connectivity index (χ3v) is 16.4. The molecule has 2 aliphatic heterocycles. The summed E-state index contributed by atoms with van der Waals surface area (Å²) in [6.45, 7) is 18.8. The van der Waals surface area contributed by atoms with Crippen molar-refractivity contribution in [2.45, 2.75) is 182 Å². The van der Waals surface area contributed by atoms with Gasteiger partial charge in [0.25, 0.3) is 11.8 Å². The van der Waals surface area contributed by atoms with Crippen molar-refractivity contribution < 1.29 is 72.1 Å². The third-order valence-electron chi connectivity index (χ3n) is 16.4. The Hall–Kier alpha value is -7.77. The molecule has 0 unspecified atom stereocenters. The second-order valence-electron chi connectivity index (χ2n) is 23.7. The summed E-state index contributed by atoms with van der Waals surface area (Å²) in [5, 5.41) is 26.9. The van der Waals surface area contributed by atoms with Crippen molar-refractivity contribution in [2.24, 2.45) is 23.7 Å². The molecule has 0 saturated carbocycles. The fourth-order valence-electron chi connectivity index (χ4n) is 10.9. The number of likely N-dealkylation sites (N-methyl/N-ethyl adjacent to an activating group) is 2. The van der Waals surface area contributed by atoms with E-state index >= 15 is 0 Å².